The molecule has 4 nitrogen and oxygen atoms in total. The van der Waals surface area contributed by atoms with Gasteiger partial charge in [-0.25, -0.2) is 0 Å². The number of aromatic nitrogens is 3. The van der Waals surface area contributed by atoms with E-state index in [2.05, 4.69) is 10.1 Å². The minimum absolute atomic E-state index is 0.0428. The molecular formula is C11H10F3N3O. The van der Waals surface area contributed by atoms with Crippen LogP contribution in [0.5, 0.6) is 0 Å². The van der Waals surface area contributed by atoms with Crippen molar-refractivity contribution in [2.45, 2.75) is 13.1 Å². The zero-order chi connectivity index (χ0) is 13.5. The van der Waals surface area contributed by atoms with Crippen LogP contribution in [-0.4, -0.2) is 14.8 Å². The smallest absolute Gasteiger partial charge is 0.328 e. The Morgan fingerprint density at radius 2 is 2.00 bits per heavy atom. The van der Waals surface area contributed by atoms with Crippen molar-refractivity contribution in [3.8, 4) is 11.1 Å². The number of hydrogen-bond acceptors (Lipinski definition) is 2. The van der Waals surface area contributed by atoms with Crippen molar-refractivity contribution in [2.24, 2.45) is 7.05 Å². The molecule has 0 aliphatic heterocycles. The van der Waals surface area contributed by atoms with Crippen molar-refractivity contribution >= 4 is 0 Å². The van der Waals surface area contributed by atoms with Gasteiger partial charge in [-0.3, -0.25) is 9.48 Å². The van der Waals surface area contributed by atoms with Crippen LogP contribution in [-0.2, 0) is 13.2 Å². The minimum Gasteiger partial charge on any atom is -0.328 e. The summed E-state index contributed by atoms with van der Waals surface area (Å²) in [6.45, 7) is 1.58. The lowest BCUT2D eigenvalue weighted by atomic mass is 10.0. The van der Waals surface area contributed by atoms with Gasteiger partial charge < -0.3 is 4.98 Å². The molecule has 0 bridgehead atoms. The van der Waals surface area contributed by atoms with Crippen molar-refractivity contribution in [1.29, 1.82) is 0 Å². The molecular weight excluding hydrogens is 247 g/mol. The quantitative estimate of drug-likeness (QED) is 0.850. The van der Waals surface area contributed by atoms with Crippen LogP contribution in [0.2, 0.25) is 0 Å². The topological polar surface area (TPSA) is 50.7 Å². The molecule has 7 heteroatoms. The molecule has 0 saturated heterocycles. The number of aryl methyl sites for hydroxylation is 2. The molecule has 1 N–H and O–H groups in total. The van der Waals surface area contributed by atoms with Crippen LogP contribution in [0.3, 0.4) is 0 Å². The van der Waals surface area contributed by atoms with Gasteiger partial charge in [0.15, 0.2) is 5.69 Å². The van der Waals surface area contributed by atoms with Gasteiger partial charge in [-0.1, -0.05) is 0 Å². The Morgan fingerprint density at radius 1 is 1.33 bits per heavy atom. The molecule has 18 heavy (non-hydrogen) atoms. The summed E-state index contributed by atoms with van der Waals surface area (Å²) in [6.07, 6.45) is -1.98. The Balaban J connectivity index is 2.68. The number of nitrogens with one attached hydrogen (secondary N) is 1. The summed E-state index contributed by atoms with van der Waals surface area (Å²) in [5, 5.41) is 3.42. The van der Waals surface area contributed by atoms with Crippen molar-refractivity contribution in [1.82, 2.24) is 14.8 Å². The van der Waals surface area contributed by atoms with Crippen LogP contribution in [0.15, 0.2) is 23.3 Å². The largest absolute Gasteiger partial charge is 0.435 e. The van der Waals surface area contributed by atoms with Crippen molar-refractivity contribution in [3.05, 3.63) is 40.1 Å². The number of pyridine rings is 1. The third-order valence-electron chi connectivity index (χ3n) is 2.52. The summed E-state index contributed by atoms with van der Waals surface area (Å²) in [4.78, 5) is 13.4. The second-order valence-electron chi connectivity index (χ2n) is 3.96. The maximum atomic E-state index is 12.8. The molecule has 2 heterocycles. The van der Waals surface area contributed by atoms with Crippen molar-refractivity contribution in [2.75, 3.05) is 0 Å². The third-order valence-corrected chi connectivity index (χ3v) is 2.52. The molecule has 0 unspecified atom stereocenters. The summed E-state index contributed by atoms with van der Waals surface area (Å²) < 4.78 is 39.5. The lowest BCUT2D eigenvalue weighted by Crippen LogP contribution is -2.09. The van der Waals surface area contributed by atoms with Crippen LogP contribution in [0.1, 0.15) is 11.3 Å². The van der Waals surface area contributed by atoms with Gasteiger partial charge in [0.05, 0.1) is 0 Å². The van der Waals surface area contributed by atoms with Crippen LogP contribution in [0.25, 0.3) is 11.1 Å². The highest BCUT2D eigenvalue weighted by Crippen LogP contribution is 2.36. The summed E-state index contributed by atoms with van der Waals surface area (Å²) in [7, 11) is 1.42. The van der Waals surface area contributed by atoms with Gasteiger partial charge in [0.25, 0.3) is 0 Å². The zero-order valence-corrected chi connectivity index (χ0v) is 9.67. The maximum absolute atomic E-state index is 12.8. The van der Waals surface area contributed by atoms with Crippen molar-refractivity contribution in [3.63, 3.8) is 0 Å². The maximum Gasteiger partial charge on any atom is 0.435 e. The average molecular weight is 257 g/mol. The lowest BCUT2D eigenvalue weighted by Gasteiger charge is -2.07. The van der Waals surface area contributed by atoms with Gasteiger partial charge >= 0.3 is 6.18 Å². The standard InChI is InChI=1S/C11H10F3N3O/c1-6-3-9(18)15-4-7(6)8-5-17(2)16-10(8)11(12,13)14/h3-5H,1-2H3,(H,15,18). The number of aromatic amines is 1. The molecule has 96 valence electrons. The van der Waals surface area contributed by atoms with Gasteiger partial charge in [-0.05, 0) is 12.5 Å². The fraction of sp³-hybridized carbons (Fsp3) is 0.273. The van der Waals surface area contributed by atoms with E-state index in [9.17, 15) is 18.0 Å². The Morgan fingerprint density at radius 3 is 2.56 bits per heavy atom. The van der Waals surface area contributed by atoms with Crippen LogP contribution >= 0.6 is 0 Å². The number of alkyl halides is 3. The molecule has 0 aromatic carbocycles. The number of hydrogen-bond donors (Lipinski definition) is 1. The van der Waals surface area contributed by atoms with E-state index in [4.69, 9.17) is 0 Å². The second kappa shape index (κ2) is 4.01. The lowest BCUT2D eigenvalue weighted by molar-refractivity contribution is -0.140. The zero-order valence-electron chi connectivity index (χ0n) is 9.67. The predicted molar refractivity (Wildman–Crippen MR) is 59.0 cm³/mol. The van der Waals surface area contributed by atoms with Gasteiger partial charge in [0.2, 0.25) is 5.56 Å². The Bertz CT molecular complexity index is 640. The van der Waals surface area contributed by atoms with Gasteiger partial charge in [0.1, 0.15) is 0 Å². The summed E-state index contributed by atoms with van der Waals surface area (Å²) >= 11 is 0. The average Bonchev–Trinajstić information content (AvgIpc) is 2.59. The van der Waals surface area contributed by atoms with E-state index in [1.54, 1.807) is 6.92 Å². The Hall–Kier alpha value is -2.05. The molecule has 2 aromatic rings. The van der Waals surface area contributed by atoms with Gasteiger partial charge in [0, 0.05) is 36.6 Å². The Labute approximate surface area is 100 Å². The first kappa shape index (κ1) is 12.4. The van der Waals surface area contributed by atoms with E-state index in [1.807, 2.05) is 0 Å². The first-order valence-electron chi connectivity index (χ1n) is 5.09. The van der Waals surface area contributed by atoms with E-state index in [0.29, 0.717) is 11.1 Å². The molecule has 0 fully saturated rings. The first-order valence-corrected chi connectivity index (χ1v) is 5.09. The van der Waals surface area contributed by atoms with Crippen LogP contribution < -0.4 is 5.56 Å². The predicted octanol–water partition coefficient (Wildman–Crippen LogP) is 2.10. The third kappa shape index (κ3) is 2.15. The van der Waals surface area contributed by atoms with Crippen LogP contribution in [0.4, 0.5) is 13.2 Å². The van der Waals surface area contributed by atoms with Crippen LogP contribution in [0, 0.1) is 6.92 Å². The fourth-order valence-corrected chi connectivity index (χ4v) is 1.76. The molecule has 0 aliphatic rings. The molecule has 0 amide bonds. The summed E-state index contributed by atoms with van der Waals surface area (Å²) in [5.41, 5.74) is -0.570. The first-order chi connectivity index (χ1) is 8.29. The van der Waals surface area contributed by atoms with Crippen molar-refractivity contribution < 1.29 is 13.2 Å². The van der Waals surface area contributed by atoms with Gasteiger partial charge in [-0.2, -0.15) is 18.3 Å². The fourth-order valence-electron chi connectivity index (χ4n) is 1.76. The van der Waals surface area contributed by atoms with E-state index < -0.39 is 11.9 Å². The molecule has 0 aliphatic carbocycles. The summed E-state index contributed by atoms with van der Waals surface area (Å²) in [5.74, 6) is 0. The molecule has 0 radical (unpaired) electrons. The number of rotatable bonds is 1. The monoisotopic (exact) mass is 257 g/mol. The second-order valence-corrected chi connectivity index (χ2v) is 3.96. The number of nitrogens with zero attached hydrogens (tertiary/aromatic N) is 2. The Kier molecular flexibility index (Phi) is 2.76. The van der Waals surface area contributed by atoms with E-state index >= 15 is 0 Å². The van der Waals surface area contributed by atoms with E-state index in [1.165, 1.54) is 25.5 Å². The molecule has 0 atom stereocenters. The highest BCUT2D eigenvalue weighted by Gasteiger charge is 2.37. The minimum atomic E-state index is -4.53. The number of H-pyrrole nitrogens is 1. The van der Waals surface area contributed by atoms with Gasteiger partial charge in [-0.15, -0.1) is 0 Å². The highest BCUT2D eigenvalue weighted by molar-refractivity contribution is 5.68. The van der Waals surface area contributed by atoms with E-state index in [-0.39, 0.29) is 11.1 Å². The molecule has 0 spiro atoms. The molecule has 0 saturated carbocycles. The normalized spacial score (nSPS) is 11.8. The summed E-state index contributed by atoms with van der Waals surface area (Å²) in [6, 6.07) is 1.25. The highest BCUT2D eigenvalue weighted by atomic mass is 19.4. The number of halogens is 3. The van der Waals surface area contributed by atoms with E-state index in [0.717, 1.165) is 4.68 Å². The SMILES string of the molecule is Cc1cc(=O)[nH]cc1-c1cn(C)nc1C(F)(F)F. The molecule has 2 aromatic heterocycles. The molecule has 2 rings (SSSR count).